The van der Waals surface area contributed by atoms with E-state index >= 15 is 0 Å². The number of hydrogen-bond donors (Lipinski definition) is 0. The quantitative estimate of drug-likeness (QED) is 0.161. The van der Waals surface area contributed by atoms with Gasteiger partial charge in [0.05, 0.1) is 0 Å². The molecule has 0 saturated carbocycles. The minimum Gasteiger partial charge on any atom is -0.0648 e. The molecule has 0 spiro atoms. The molecule has 0 N–H and O–H groups in total. The van der Waals surface area contributed by atoms with Gasteiger partial charge in [-0.15, -0.1) is 0 Å². The van der Waals surface area contributed by atoms with E-state index in [1.807, 2.05) is 0 Å². The van der Waals surface area contributed by atoms with Crippen LogP contribution in [0.25, 0.3) is 86.9 Å². The summed E-state index contributed by atoms with van der Waals surface area (Å²) in [5.74, 6) is 0.612. The molecule has 0 bridgehead atoms. The molecule has 1 unspecified atom stereocenters. The summed E-state index contributed by atoms with van der Waals surface area (Å²) in [5, 5.41) is 16.0. The molecule has 0 saturated heterocycles. The molecular weight excluding hydrogens is 649 g/mol. The van der Waals surface area contributed by atoms with E-state index in [0.717, 1.165) is 0 Å². The van der Waals surface area contributed by atoms with Crippen molar-refractivity contribution in [2.45, 2.75) is 40.0 Å². The van der Waals surface area contributed by atoms with E-state index in [0.29, 0.717) is 5.92 Å². The van der Waals surface area contributed by atoms with E-state index in [2.05, 4.69) is 204 Å². The number of rotatable bonds is 4. The van der Waals surface area contributed by atoms with E-state index < -0.39 is 0 Å². The summed E-state index contributed by atoms with van der Waals surface area (Å²) >= 11 is 0. The minimum atomic E-state index is 0.612. The summed E-state index contributed by atoms with van der Waals surface area (Å²) in [6.45, 7) is 8.84. The summed E-state index contributed by atoms with van der Waals surface area (Å²) in [6.07, 6.45) is 1.17. The van der Waals surface area contributed by atoms with Crippen LogP contribution in [0.4, 0.5) is 0 Å². The van der Waals surface area contributed by atoms with E-state index in [4.69, 9.17) is 0 Å². The Balaban J connectivity index is 0.000000143. The van der Waals surface area contributed by atoms with Crippen molar-refractivity contribution in [3.05, 3.63) is 193 Å². The molecule has 0 fully saturated rings. The van der Waals surface area contributed by atoms with Gasteiger partial charge in [-0.25, -0.2) is 0 Å². The van der Waals surface area contributed by atoms with Gasteiger partial charge in [0, 0.05) is 0 Å². The first-order chi connectivity index (χ1) is 26.5. The Morgan fingerprint density at radius 3 is 1.06 bits per heavy atom. The first-order valence-electron chi connectivity index (χ1n) is 19.3. The number of aryl methyl sites for hydroxylation is 2. The first kappa shape index (κ1) is 33.6. The second-order valence-electron chi connectivity index (χ2n) is 15.0. The van der Waals surface area contributed by atoms with E-state index in [1.54, 1.807) is 0 Å². The fourth-order valence-electron chi connectivity index (χ4n) is 8.32. The molecule has 0 aliphatic rings. The zero-order valence-corrected chi connectivity index (χ0v) is 31.5. The Morgan fingerprint density at radius 1 is 0.315 bits per heavy atom. The maximum Gasteiger partial charge on any atom is -0.00928 e. The van der Waals surface area contributed by atoms with Crippen LogP contribution >= 0.6 is 0 Å². The molecule has 10 aromatic carbocycles. The molecule has 0 aromatic heterocycles. The molecular formula is C54H44. The molecule has 0 heterocycles. The Hall–Kier alpha value is -6.24. The Kier molecular flexibility index (Phi) is 8.68. The molecule has 0 aliphatic heterocycles. The Labute approximate surface area is 318 Å². The highest BCUT2D eigenvalue weighted by Gasteiger charge is 2.12. The highest BCUT2D eigenvalue weighted by molar-refractivity contribution is 6.27. The van der Waals surface area contributed by atoms with Gasteiger partial charge in [0.2, 0.25) is 0 Å². The predicted octanol–water partition coefficient (Wildman–Crippen LogP) is 15.8. The van der Waals surface area contributed by atoms with Crippen LogP contribution in [0.5, 0.6) is 0 Å². The van der Waals surface area contributed by atoms with Crippen LogP contribution in [0.2, 0.25) is 0 Å². The lowest BCUT2D eigenvalue weighted by Crippen LogP contribution is -1.90. The molecule has 260 valence electrons. The maximum absolute atomic E-state index is 2.36. The van der Waals surface area contributed by atoms with Gasteiger partial charge in [0.25, 0.3) is 0 Å². The van der Waals surface area contributed by atoms with Crippen LogP contribution in [-0.2, 0) is 0 Å². The van der Waals surface area contributed by atoms with E-state index in [-0.39, 0.29) is 0 Å². The zero-order valence-electron chi connectivity index (χ0n) is 31.5. The molecule has 0 nitrogen and oxygen atoms in total. The van der Waals surface area contributed by atoms with Crippen LogP contribution in [0.1, 0.15) is 42.9 Å². The number of hydrogen-bond acceptors (Lipinski definition) is 0. The molecule has 54 heavy (non-hydrogen) atoms. The van der Waals surface area contributed by atoms with E-state index in [9.17, 15) is 0 Å². The summed E-state index contributed by atoms with van der Waals surface area (Å²) in [7, 11) is 0. The Bertz CT molecular complexity index is 2930. The van der Waals surface area contributed by atoms with Gasteiger partial charge < -0.3 is 0 Å². The summed E-state index contributed by atoms with van der Waals surface area (Å²) in [6, 6.07) is 64.8. The van der Waals surface area contributed by atoms with Gasteiger partial charge in [-0.2, -0.15) is 0 Å². The molecule has 0 heteroatoms. The smallest absolute Gasteiger partial charge is 0.00928 e. The van der Waals surface area contributed by atoms with Crippen molar-refractivity contribution in [3.63, 3.8) is 0 Å². The fraction of sp³-hybridized carbons (Fsp3) is 0.111. The van der Waals surface area contributed by atoms with Crippen molar-refractivity contribution in [2.75, 3.05) is 0 Å². The maximum atomic E-state index is 2.36. The van der Waals surface area contributed by atoms with E-state index in [1.165, 1.54) is 110 Å². The van der Waals surface area contributed by atoms with Crippen LogP contribution in [-0.4, -0.2) is 0 Å². The van der Waals surface area contributed by atoms with Crippen LogP contribution in [0, 0.1) is 13.8 Å². The predicted molar refractivity (Wildman–Crippen MR) is 237 cm³/mol. The average molecular weight is 693 g/mol. The van der Waals surface area contributed by atoms with Gasteiger partial charge >= 0.3 is 0 Å². The van der Waals surface area contributed by atoms with Crippen molar-refractivity contribution < 1.29 is 0 Å². The van der Waals surface area contributed by atoms with Gasteiger partial charge in [-0.1, -0.05) is 189 Å². The van der Waals surface area contributed by atoms with Crippen LogP contribution in [0.3, 0.4) is 0 Å². The lowest BCUT2D eigenvalue weighted by molar-refractivity contribution is 0.734. The molecule has 0 radical (unpaired) electrons. The third kappa shape index (κ3) is 5.99. The molecule has 0 amide bonds. The second-order valence-corrected chi connectivity index (χ2v) is 15.0. The van der Waals surface area contributed by atoms with Gasteiger partial charge in [0.15, 0.2) is 0 Å². The summed E-state index contributed by atoms with van der Waals surface area (Å²) < 4.78 is 0. The largest absolute Gasteiger partial charge is 0.0648 e. The standard InChI is InChI=1S/C28H24.C26H20/c1-3-19(2)20-12-14-21(15-13-20)22-16-17-27-25-10-5-4-8-23(25)24-9-6-7-11-26(24)28(27)18-22;1-17-7-10-19(11-8-17)20-12-14-24-23-13-9-18(2)15-25(23)21-5-3-4-6-22(21)26(24)16-20/h4-19H,3H2,1-2H3;3-16H,1-2H3. The zero-order chi connectivity index (χ0) is 36.8. The van der Waals surface area contributed by atoms with Gasteiger partial charge in [-0.05, 0) is 131 Å². The van der Waals surface area contributed by atoms with Crippen molar-refractivity contribution in [2.24, 2.45) is 0 Å². The second kappa shape index (κ2) is 14.0. The lowest BCUT2D eigenvalue weighted by Gasteiger charge is -2.13. The highest BCUT2D eigenvalue weighted by Crippen LogP contribution is 2.39. The molecule has 10 aromatic rings. The van der Waals surface area contributed by atoms with Crippen molar-refractivity contribution in [1.82, 2.24) is 0 Å². The topological polar surface area (TPSA) is 0 Å². The molecule has 10 rings (SSSR count). The minimum absolute atomic E-state index is 0.612. The van der Waals surface area contributed by atoms with Crippen molar-refractivity contribution >= 4 is 64.6 Å². The Morgan fingerprint density at radius 2 is 0.630 bits per heavy atom. The highest BCUT2D eigenvalue weighted by atomic mass is 14.2. The van der Waals surface area contributed by atoms with Crippen molar-refractivity contribution in [1.29, 1.82) is 0 Å². The third-order valence-electron chi connectivity index (χ3n) is 11.5. The average Bonchev–Trinajstić information content (AvgIpc) is 3.24. The number of fused-ring (bicyclic) bond motifs is 12. The third-order valence-corrected chi connectivity index (χ3v) is 11.5. The molecule has 0 aliphatic carbocycles. The van der Waals surface area contributed by atoms with Gasteiger partial charge in [-0.3, -0.25) is 0 Å². The summed E-state index contributed by atoms with van der Waals surface area (Å²) in [5.41, 5.74) is 9.12. The molecule has 1 atom stereocenters. The first-order valence-corrected chi connectivity index (χ1v) is 19.3. The fourth-order valence-corrected chi connectivity index (χ4v) is 8.32. The van der Waals surface area contributed by atoms with Crippen LogP contribution < -0.4 is 0 Å². The SMILES string of the molecule is CCC(C)c1ccc(-c2ccc3c4ccccc4c4ccccc4c3c2)cc1.Cc1ccc(-c2ccc3c4ccc(C)cc4c4ccccc4c3c2)cc1. The number of benzene rings is 10. The lowest BCUT2D eigenvalue weighted by atomic mass is 9.91. The van der Waals surface area contributed by atoms with Gasteiger partial charge in [0.1, 0.15) is 0 Å². The summed E-state index contributed by atoms with van der Waals surface area (Å²) in [4.78, 5) is 0. The normalized spacial score (nSPS) is 12.1. The van der Waals surface area contributed by atoms with Crippen molar-refractivity contribution in [3.8, 4) is 22.3 Å². The monoisotopic (exact) mass is 692 g/mol. The van der Waals surface area contributed by atoms with Crippen LogP contribution in [0.15, 0.2) is 176 Å².